The van der Waals surface area contributed by atoms with Crippen LogP contribution in [0, 0.1) is 0 Å². The fourth-order valence-corrected chi connectivity index (χ4v) is 2.06. The largest absolute Gasteiger partial charge is 0.497 e. The molecule has 1 saturated heterocycles. The van der Waals surface area contributed by atoms with E-state index in [4.69, 9.17) is 19.3 Å². The van der Waals surface area contributed by atoms with Crippen LogP contribution in [0.4, 0.5) is 0 Å². The molecule has 2 rings (SSSR count). The van der Waals surface area contributed by atoms with E-state index in [1.165, 1.54) is 0 Å². The Morgan fingerprint density at radius 1 is 1.32 bits per heavy atom. The Labute approximate surface area is 113 Å². The number of aliphatic hydroxyl groups is 1. The summed E-state index contributed by atoms with van der Waals surface area (Å²) in [6, 6.07) is 7.56. The van der Waals surface area contributed by atoms with E-state index in [-0.39, 0.29) is 12.7 Å². The van der Waals surface area contributed by atoms with E-state index in [2.05, 4.69) is 4.90 Å². The molecule has 0 bridgehead atoms. The number of hydrogen-bond donors (Lipinski definition) is 1. The molecule has 19 heavy (non-hydrogen) atoms. The van der Waals surface area contributed by atoms with Gasteiger partial charge in [-0.2, -0.15) is 0 Å². The van der Waals surface area contributed by atoms with Crippen molar-refractivity contribution in [1.29, 1.82) is 0 Å². The molecule has 1 N–H and O–H groups in total. The molecule has 0 saturated carbocycles. The van der Waals surface area contributed by atoms with Crippen LogP contribution in [0.15, 0.2) is 24.3 Å². The Morgan fingerprint density at radius 2 is 2.05 bits per heavy atom. The third-order valence-corrected chi connectivity index (χ3v) is 3.16. The third kappa shape index (κ3) is 4.38. The quantitative estimate of drug-likeness (QED) is 0.825. The van der Waals surface area contributed by atoms with Gasteiger partial charge in [-0.25, -0.2) is 0 Å². The van der Waals surface area contributed by atoms with Crippen LogP contribution in [0.3, 0.4) is 0 Å². The van der Waals surface area contributed by atoms with E-state index < -0.39 is 0 Å². The topological polar surface area (TPSA) is 51.2 Å². The smallest absolute Gasteiger partial charge is 0.119 e. The Bertz CT molecular complexity index is 368. The monoisotopic (exact) mass is 267 g/mol. The summed E-state index contributed by atoms with van der Waals surface area (Å²) in [6.07, 6.45) is -0.0604. The minimum Gasteiger partial charge on any atom is -0.497 e. The highest BCUT2D eigenvalue weighted by atomic mass is 16.5. The zero-order valence-electron chi connectivity index (χ0n) is 11.2. The summed E-state index contributed by atoms with van der Waals surface area (Å²) in [5.41, 5.74) is 0. The molecule has 1 heterocycles. The molecule has 5 nitrogen and oxygen atoms in total. The first-order valence-electron chi connectivity index (χ1n) is 6.53. The van der Waals surface area contributed by atoms with Crippen LogP contribution >= 0.6 is 0 Å². The van der Waals surface area contributed by atoms with Gasteiger partial charge in [0.25, 0.3) is 0 Å². The van der Waals surface area contributed by atoms with Gasteiger partial charge in [0, 0.05) is 19.6 Å². The van der Waals surface area contributed by atoms with E-state index in [1.54, 1.807) is 7.11 Å². The van der Waals surface area contributed by atoms with E-state index in [1.807, 2.05) is 24.3 Å². The molecular weight excluding hydrogens is 246 g/mol. The molecule has 0 amide bonds. The second-order valence-corrected chi connectivity index (χ2v) is 4.50. The van der Waals surface area contributed by atoms with Gasteiger partial charge in [-0.1, -0.05) is 0 Å². The predicted molar refractivity (Wildman–Crippen MR) is 71.8 cm³/mol. The van der Waals surface area contributed by atoms with Crippen LogP contribution < -0.4 is 9.47 Å². The van der Waals surface area contributed by atoms with E-state index in [9.17, 15) is 0 Å². The van der Waals surface area contributed by atoms with Crippen LogP contribution in [0.5, 0.6) is 11.5 Å². The lowest BCUT2D eigenvalue weighted by molar-refractivity contribution is -0.0547. The average Bonchev–Trinajstić information content (AvgIpc) is 2.48. The third-order valence-electron chi connectivity index (χ3n) is 3.16. The minimum atomic E-state index is -0.0604. The summed E-state index contributed by atoms with van der Waals surface area (Å²) < 4.78 is 16.2. The summed E-state index contributed by atoms with van der Waals surface area (Å²) in [4.78, 5) is 2.24. The minimum absolute atomic E-state index is 0.0604. The average molecular weight is 267 g/mol. The number of hydrogen-bond acceptors (Lipinski definition) is 5. The van der Waals surface area contributed by atoms with Gasteiger partial charge in [-0.15, -0.1) is 0 Å². The molecule has 0 aromatic heterocycles. The zero-order chi connectivity index (χ0) is 13.5. The standard InChI is InChI=1S/C14H21NO4/c1-17-12-2-4-13(5-3-12)18-8-6-15-7-9-19-14(10-15)11-16/h2-5,14,16H,6-11H2,1H3. The van der Waals surface area contributed by atoms with E-state index in [0.717, 1.165) is 31.1 Å². The van der Waals surface area contributed by atoms with Crippen molar-refractivity contribution < 1.29 is 19.3 Å². The number of nitrogens with zero attached hydrogens (tertiary/aromatic N) is 1. The van der Waals surface area contributed by atoms with Crippen LogP contribution in [0.1, 0.15) is 0 Å². The summed E-state index contributed by atoms with van der Waals surface area (Å²) in [5.74, 6) is 1.67. The van der Waals surface area contributed by atoms with Gasteiger partial charge in [0.2, 0.25) is 0 Å². The Kier molecular flexibility index (Phi) is 5.44. The van der Waals surface area contributed by atoms with Crippen molar-refractivity contribution in [2.75, 3.05) is 46.6 Å². The van der Waals surface area contributed by atoms with Crippen LogP contribution in [-0.4, -0.2) is 62.7 Å². The van der Waals surface area contributed by atoms with Crippen LogP contribution in [0.2, 0.25) is 0 Å². The molecule has 1 aliphatic rings. The first-order chi connectivity index (χ1) is 9.31. The van der Waals surface area contributed by atoms with Gasteiger partial charge < -0.3 is 19.3 Å². The summed E-state index contributed by atoms with van der Waals surface area (Å²) >= 11 is 0. The molecule has 1 aliphatic heterocycles. The molecule has 0 aliphatic carbocycles. The second kappa shape index (κ2) is 7.33. The predicted octanol–water partition coefficient (Wildman–Crippen LogP) is 0.767. The van der Waals surface area contributed by atoms with Crippen LogP contribution in [-0.2, 0) is 4.74 Å². The van der Waals surface area contributed by atoms with E-state index >= 15 is 0 Å². The molecule has 5 heteroatoms. The van der Waals surface area contributed by atoms with Gasteiger partial charge in [0.15, 0.2) is 0 Å². The molecule has 0 spiro atoms. The summed E-state index contributed by atoms with van der Waals surface area (Å²) in [7, 11) is 1.64. The van der Waals surface area contributed by atoms with Crippen LogP contribution in [0.25, 0.3) is 0 Å². The number of ether oxygens (including phenoxy) is 3. The lowest BCUT2D eigenvalue weighted by Gasteiger charge is -2.31. The van der Waals surface area contributed by atoms with Gasteiger partial charge in [0.1, 0.15) is 18.1 Å². The number of morpholine rings is 1. The van der Waals surface area contributed by atoms with Gasteiger partial charge >= 0.3 is 0 Å². The normalized spacial score (nSPS) is 20.2. The highest BCUT2D eigenvalue weighted by molar-refractivity contribution is 5.31. The lowest BCUT2D eigenvalue weighted by Crippen LogP contribution is -2.45. The molecule has 1 aromatic carbocycles. The highest BCUT2D eigenvalue weighted by Gasteiger charge is 2.19. The van der Waals surface area contributed by atoms with Crippen molar-refractivity contribution in [2.45, 2.75) is 6.10 Å². The van der Waals surface area contributed by atoms with E-state index in [0.29, 0.717) is 13.2 Å². The summed E-state index contributed by atoms with van der Waals surface area (Å²) in [5, 5.41) is 9.07. The number of benzene rings is 1. The SMILES string of the molecule is COc1ccc(OCCN2CCOC(CO)C2)cc1. The van der Waals surface area contributed by atoms with Crippen molar-refractivity contribution >= 4 is 0 Å². The molecule has 106 valence electrons. The maximum atomic E-state index is 9.07. The molecule has 1 unspecified atom stereocenters. The second-order valence-electron chi connectivity index (χ2n) is 4.50. The van der Waals surface area contributed by atoms with Crippen molar-refractivity contribution in [3.05, 3.63) is 24.3 Å². The van der Waals surface area contributed by atoms with Gasteiger partial charge in [0.05, 0.1) is 26.4 Å². The van der Waals surface area contributed by atoms with Gasteiger partial charge in [-0.05, 0) is 24.3 Å². The Hall–Kier alpha value is -1.30. The number of aliphatic hydroxyl groups excluding tert-OH is 1. The van der Waals surface area contributed by atoms with Crippen molar-refractivity contribution in [3.63, 3.8) is 0 Å². The number of rotatable bonds is 6. The lowest BCUT2D eigenvalue weighted by atomic mass is 10.3. The van der Waals surface area contributed by atoms with Gasteiger partial charge in [-0.3, -0.25) is 4.90 Å². The maximum absolute atomic E-state index is 9.07. The van der Waals surface area contributed by atoms with Crippen molar-refractivity contribution in [3.8, 4) is 11.5 Å². The highest BCUT2D eigenvalue weighted by Crippen LogP contribution is 2.17. The fourth-order valence-electron chi connectivity index (χ4n) is 2.06. The summed E-state index contributed by atoms with van der Waals surface area (Å²) in [6.45, 7) is 3.88. The van der Waals surface area contributed by atoms with Crippen molar-refractivity contribution in [1.82, 2.24) is 4.90 Å². The Morgan fingerprint density at radius 3 is 2.74 bits per heavy atom. The molecule has 1 fully saturated rings. The zero-order valence-corrected chi connectivity index (χ0v) is 11.2. The maximum Gasteiger partial charge on any atom is 0.119 e. The fraction of sp³-hybridized carbons (Fsp3) is 0.571. The Balaban J connectivity index is 1.70. The molecule has 1 aromatic rings. The molecule has 1 atom stereocenters. The first-order valence-corrected chi connectivity index (χ1v) is 6.53. The molecule has 0 radical (unpaired) electrons. The van der Waals surface area contributed by atoms with Crippen molar-refractivity contribution in [2.24, 2.45) is 0 Å². The molecular formula is C14H21NO4. The first kappa shape index (κ1) is 14.1. The number of methoxy groups -OCH3 is 1.